The second-order valence-electron chi connectivity index (χ2n) is 11.0. The molecule has 0 saturated carbocycles. The fourth-order valence-corrected chi connectivity index (χ4v) is 5.28. The number of nitrogens with zero attached hydrogens (tertiary/aromatic N) is 2. The largest absolute Gasteiger partial charge is 0.494 e. The lowest BCUT2D eigenvalue weighted by Gasteiger charge is -2.29. The van der Waals surface area contributed by atoms with Crippen molar-refractivity contribution in [2.24, 2.45) is 0 Å². The van der Waals surface area contributed by atoms with Crippen molar-refractivity contribution in [2.75, 3.05) is 52.5 Å². The lowest BCUT2D eigenvalue weighted by atomic mass is 9.84. The third-order valence-electron chi connectivity index (χ3n) is 7.27. The number of benzene rings is 2. The lowest BCUT2D eigenvalue weighted by molar-refractivity contribution is -0.143. The summed E-state index contributed by atoms with van der Waals surface area (Å²) in [6, 6.07) is 5.23. The molecule has 1 fully saturated rings. The number of carbonyl (C=O) groups is 2. The van der Waals surface area contributed by atoms with Crippen molar-refractivity contribution in [3.05, 3.63) is 46.3 Å². The zero-order valence-electron chi connectivity index (χ0n) is 24.1. The highest BCUT2D eigenvalue weighted by atomic mass is 79.9. The SMILES string of the molecule is Br.COc1cc2c(c(F)c1OC)C(=N)N(CC(=O)c1cc(N3CCC(OCC(=O)O)C3)c(OC)c(C(C)(C)C)c1)C2. The smallest absolute Gasteiger partial charge is 0.329 e. The first-order valence-electron chi connectivity index (χ1n) is 13.0. The van der Waals surface area contributed by atoms with Crippen molar-refractivity contribution in [2.45, 2.75) is 45.3 Å². The maximum absolute atomic E-state index is 15.2. The summed E-state index contributed by atoms with van der Waals surface area (Å²) in [6.07, 6.45) is 0.381. The van der Waals surface area contributed by atoms with Gasteiger partial charge in [-0.25, -0.2) is 9.18 Å². The minimum atomic E-state index is -1.02. The maximum Gasteiger partial charge on any atom is 0.329 e. The van der Waals surface area contributed by atoms with Gasteiger partial charge in [-0.2, -0.15) is 0 Å². The average molecular weight is 639 g/mol. The summed E-state index contributed by atoms with van der Waals surface area (Å²) in [5.74, 6) is -1.24. The van der Waals surface area contributed by atoms with Crippen LogP contribution in [0, 0.1) is 11.2 Å². The van der Waals surface area contributed by atoms with Crippen LogP contribution in [0.15, 0.2) is 18.2 Å². The molecular weight excluding hydrogens is 601 g/mol. The number of nitrogens with one attached hydrogen (secondary N) is 1. The molecule has 2 aromatic rings. The third kappa shape index (κ3) is 6.43. The Hall–Kier alpha value is -3.38. The number of carboxylic acid groups (broad SMARTS) is 1. The quantitative estimate of drug-likeness (QED) is 0.364. The van der Waals surface area contributed by atoms with E-state index in [1.165, 1.54) is 19.1 Å². The van der Waals surface area contributed by atoms with E-state index in [2.05, 4.69) is 0 Å². The Morgan fingerprint density at radius 2 is 1.78 bits per heavy atom. The van der Waals surface area contributed by atoms with Crippen LogP contribution in [0.1, 0.15) is 54.2 Å². The first-order valence-corrected chi connectivity index (χ1v) is 13.0. The monoisotopic (exact) mass is 637 g/mol. The number of rotatable bonds is 10. The molecular formula is C29H37BrFN3O7. The summed E-state index contributed by atoms with van der Waals surface area (Å²) in [4.78, 5) is 28.2. The fraction of sp³-hybridized carbons (Fsp3) is 0.483. The van der Waals surface area contributed by atoms with Gasteiger partial charge in [-0.05, 0) is 35.6 Å². The standard InChI is InChI=1S/C29H36FN3O7.BrH/c1-29(2,3)19-9-16(10-20(26(19)38-5)32-8-7-18(13-32)40-15-23(35)36)21(34)14-33-12-17-11-22(37-4)27(39-6)25(30)24(17)28(33)31;/h9-11,18,31H,7-8,12-15H2,1-6H3,(H,35,36);1H. The number of ketones is 1. The molecule has 0 aromatic heterocycles. The molecule has 12 heteroatoms. The van der Waals surface area contributed by atoms with Gasteiger partial charge in [0.2, 0.25) is 0 Å². The number of aliphatic carboxylic acids is 1. The van der Waals surface area contributed by atoms with E-state index in [0.29, 0.717) is 36.4 Å². The van der Waals surface area contributed by atoms with Crippen LogP contribution in [0.3, 0.4) is 0 Å². The number of ether oxygens (including phenoxy) is 4. The first-order chi connectivity index (χ1) is 18.9. The molecule has 0 radical (unpaired) electrons. The van der Waals surface area contributed by atoms with E-state index in [4.69, 9.17) is 29.5 Å². The zero-order valence-corrected chi connectivity index (χ0v) is 25.8. The van der Waals surface area contributed by atoms with Crippen molar-refractivity contribution in [1.82, 2.24) is 4.90 Å². The van der Waals surface area contributed by atoms with Crippen molar-refractivity contribution < 1.29 is 38.0 Å². The van der Waals surface area contributed by atoms with Crippen molar-refractivity contribution in [3.8, 4) is 17.2 Å². The number of hydrogen-bond acceptors (Lipinski definition) is 8. The van der Waals surface area contributed by atoms with Gasteiger partial charge in [0, 0.05) is 30.8 Å². The number of Topliss-reactive ketones (excluding diaryl/α,β-unsaturated/α-hetero) is 1. The van der Waals surface area contributed by atoms with E-state index in [-0.39, 0.29) is 76.9 Å². The highest BCUT2D eigenvalue weighted by Gasteiger charge is 2.34. The number of hydrogen-bond donors (Lipinski definition) is 2. The van der Waals surface area contributed by atoms with Crippen LogP contribution in [-0.4, -0.2) is 81.3 Å². The van der Waals surface area contributed by atoms with E-state index in [0.717, 1.165) is 11.3 Å². The number of carboxylic acids is 1. The first kappa shape index (κ1) is 32.1. The molecule has 0 spiro atoms. The number of amidine groups is 1. The Bertz CT molecular complexity index is 1340. The number of halogens is 2. The molecule has 2 aromatic carbocycles. The molecule has 2 heterocycles. The molecule has 41 heavy (non-hydrogen) atoms. The van der Waals surface area contributed by atoms with Gasteiger partial charge in [0.05, 0.1) is 45.2 Å². The van der Waals surface area contributed by atoms with Crippen LogP contribution in [0.5, 0.6) is 17.2 Å². The Kier molecular flexibility index (Phi) is 9.91. The Balaban J connectivity index is 0.00000462. The van der Waals surface area contributed by atoms with E-state index in [9.17, 15) is 9.59 Å². The van der Waals surface area contributed by atoms with Crippen LogP contribution in [-0.2, 0) is 21.5 Å². The Morgan fingerprint density at radius 1 is 1.10 bits per heavy atom. The van der Waals surface area contributed by atoms with Gasteiger partial charge in [-0.1, -0.05) is 20.8 Å². The Labute approximate surface area is 249 Å². The van der Waals surface area contributed by atoms with Gasteiger partial charge in [-0.15, -0.1) is 17.0 Å². The van der Waals surface area contributed by atoms with Gasteiger partial charge >= 0.3 is 5.97 Å². The predicted octanol–water partition coefficient (Wildman–Crippen LogP) is 4.43. The minimum Gasteiger partial charge on any atom is -0.494 e. The van der Waals surface area contributed by atoms with E-state index >= 15 is 4.39 Å². The number of fused-ring (bicyclic) bond motifs is 1. The number of methoxy groups -OCH3 is 3. The van der Waals surface area contributed by atoms with Crippen molar-refractivity contribution in [3.63, 3.8) is 0 Å². The normalized spacial score (nSPS) is 16.4. The van der Waals surface area contributed by atoms with Crippen LogP contribution in [0.25, 0.3) is 0 Å². The molecule has 224 valence electrons. The molecule has 0 bridgehead atoms. The molecule has 1 saturated heterocycles. The Morgan fingerprint density at radius 3 is 2.37 bits per heavy atom. The molecule has 1 atom stereocenters. The van der Waals surface area contributed by atoms with E-state index < -0.39 is 11.8 Å². The average Bonchev–Trinajstić information content (AvgIpc) is 3.50. The second kappa shape index (κ2) is 12.6. The van der Waals surface area contributed by atoms with E-state index in [1.807, 2.05) is 31.7 Å². The van der Waals surface area contributed by atoms with Gasteiger partial charge in [0.1, 0.15) is 18.2 Å². The third-order valence-corrected chi connectivity index (χ3v) is 7.27. The van der Waals surface area contributed by atoms with E-state index in [1.54, 1.807) is 19.2 Å². The summed E-state index contributed by atoms with van der Waals surface area (Å²) in [5.41, 5.74) is 2.28. The number of anilines is 1. The van der Waals surface area contributed by atoms with Crippen LogP contribution < -0.4 is 19.1 Å². The van der Waals surface area contributed by atoms with Crippen molar-refractivity contribution >= 4 is 40.3 Å². The van der Waals surface area contributed by atoms with Gasteiger partial charge in [-0.3, -0.25) is 10.2 Å². The molecule has 0 amide bonds. The van der Waals surface area contributed by atoms with Gasteiger partial charge < -0.3 is 33.9 Å². The maximum atomic E-state index is 15.2. The number of carbonyl (C=O) groups excluding carboxylic acids is 1. The van der Waals surface area contributed by atoms with Gasteiger partial charge in [0.15, 0.2) is 23.1 Å². The van der Waals surface area contributed by atoms with Gasteiger partial charge in [0.25, 0.3) is 0 Å². The molecule has 4 rings (SSSR count). The second-order valence-corrected chi connectivity index (χ2v) is 11.0. The summed E-state index contributed by atoms with van der Waals surface area (Å²) in [7, 11) is 4.34. The summed E-state index contributed by atoms with van der Waals surface area (Å²) in [6.45, 7) is 6.84. The highest BCUT2D eigenvalue weighted by molar-refractivity contribution is 8.93. The van der Waals surface area contributed by atoms with Crippen LogP contribution >= 0.6 is 17.0 Å². The molecule has 2 aliphatic rings. The molecule has 2 N–H and O–H groups in total. The summed E-state index contributed by atoms with van der Waals surface area (Å²) < 4.78 is 37.0. The van der Waals surface area contributed by atoms with Crippen LogP contribution in [0.2, 0.25) is 0 Å². The van der Waals surface area contributed by atoms with Crippen LogP contribution in [0.4, 0.5) is 10.1 Å². The highest BCUT2D eigenvalue weighted by Crippen LogP contribution is 2.42. The topological polar surface area (TPSA) is 122 Å². The minimum absolute atomic E-state index is 0. The summed E-state index contributed by atoms with van der Waals surface area (Å²) in [5, 5.41) is 17.6. The summed E-state index contributed by atoms with van der Waals surface area (Å²) >= 11 is 0. The molecule has 1 unspecified atom stereocenters. The predicted molar refractivity (Wildman–Crippen MR) is 157 cm³/mol. The molecule has 10 nitrogen and oxygen atoms in total. The molecule has 2 aliphatic heterocycles. The molecule has 0 aliphatic carbocycles. The lowest BCUT2D eigenvalue weighted by Crippen LogP contribution is -2.31. The zero-order chi connectivity index (χ0) is 29.4. The fourth-order valence-electron chi connectivity index (χ4n) is 5.28. The van der Waals surface area contributed by atoms with Crippen molar-refractivity contribution in [1.29, 1.82) is 5.41 Å².